The predicted octanol–water partition coefficient (Wildman–Crippen LogP) is 3.01. The topological polar surface area (TPSA) is 93.7 Å². The summed E-state index contributed by atoms with van der Waals surface area (Å²) >= 11 is 0. The minimum Gasteiger partial charge on any atom is -0.497 e. The third kappa shape index (κ3) is 8.85. The van der Waals surface area contributed by atoms with Gasteiger partial charge in [0.2, 0.25) is 15.9 Å². The summed E-state index contributed by atoms with van der Waals surface area (Å²) in [5.41, 5.74) is 1.11. The van der Waals surface area contributed by atoms with Crippen LogP contribution in [0.4, 0.5) is 13.2 Å². The number of alkyl halides is 3. The number of carbonyl (C=O) groups excluding carboxylic acids is 1. The van der Waals surface area contributed by atoms with Crippen LogP contribution in [0.5, 0.6) is 11.5 Å². The highest BCUT2D eigenvalue weighted by Gasteiger charge is 2.31. The number of rotatable bonds is 11. The fourth-order valence-corrected chi connectivity index (χ4v) is 3.64. The molecule has 0 fully saturated rings. The van der Waals surface area contributed by atoms with E-state index in [1.54, 1.807) is 7.11 Å². The standard InChI is InChI=1S/C20H23F3N2O5S/c1-29-16-6-4-15(5-7-16)3-2-13-24-19(26)12-14-25-31(27,28)18-10-8-17(9-11-18)30-20(21,22)23/h4-11,25H,2-3,12-14H2,1H3,(H,24,26). The van der Waals surface area contributed by atoms with Crippen molar-refractivity contribution in [2.24, 2.45) is 0 Å². The zero-order valence-corrected chi connectivity index (χ0v) is 17.6. The van der Waals surface area contributed by atoms with E-state index < -0.39 is 22.1 Å². The first kappa shape index (κ1) is 24.5. The van der Waals surface area contributed by atoms with Crippen LogP contribution < -0.4 is 19.5 Å². The third-order valence-corrected chi connectivity index (χ3v) is 5.61. The summed E-state index contributed by atoms with van der Waals surface area (Å²) in [5, 5.41) is 2.71. The second-order valence-corrected chi connectivity index (χ2v) is 8.24. The van der Waals surface area contributed by atoms with E-state index in [0.717, 1.165) is 48.4 Å². The normalized spacial score (nSPS) is 11.7. The molecular weight excluding hydrogens is 437 g/mol. The lowest BCUT2D eigenvalue weighted by molar-refractivity contribution is -0.274. The number of amides is 1. The van der Waals surface area contributed by atoms with Crippen molar-refractivity contribution in [2.75, 3.05) is 20.2 Å². The van der Waals surface area contributed by atoms with E-state index in [-0.39, 0.29) is 23.8 Å². The monoisotopic (exact) mass is 460 g/mol. The molecule has 2 rings (SSSR count). The van der Waals surface area contributed by atoms with E-state index in [9.17, 15) is 26.4 Å². The van der Waals surface area contributed by atoms with Crippen molar-refractivity contribution in [3.63, 3.8) is 0 Å². The van der Waals surface area contributed by atoms with Crippen LogP contribution in [0.15, 0.2) is 53.4 Å². The van der Waals surface area contributed by atoms with E-state index in [0.29, 0.717) is 6.54 Å². The Morgan fingerprint density at radius 1 is 0.968 bits per heavy atom. The number of carbonyl (C=O) groups is 1. The van der Waals surface area contributed by atoms with Crippen molar-refractivity contribution in [3.8, 4) is 11.5 Å². The van der Waals surface area contributed by atoms with Crippen LogP contribution in [0.25, 0.3) is 0 Å². The molecule has 0 aliphatic rings. The lowest BCUT2D eigenvalue weighted by atomic mass is 10.1. The number of sulfonamides is 1. The maximum atomic E-state index is 12.2. The van der Waals surface area contributed by atoms with Gasteiger partial charge in [-0.2, -0.15) is 0 Å². The van der Waals surface area contributed by atoms with Crippen molar-refractivity contribution in [3.05, 3.63) is 54.1 Å². The fraction of sp³-hybridized carbons (Fsp3) is 0.350. The van der Waals surface area contributed by atoms with Crippen molar-refractivity contribution in [2.45, 2.75) is 30.5 Å². The molecule has 0 bridgehead atoms. The number of nitrogens with one attached hydrogen (secondary N) is 2. The van der Waals surface area contributed by atoms with Gasteiger partial charge in [0, 0.05) is 19.5 Å². The number of methoxy groups -OCH3 is 1. The SMILES string of the molecule is COc1ccc(CCCNC(=O)CCNS(=O)(=O)c2ccc(OC(F)(F)F)cc2)cc1. The number of aryl methyl sites for hydroxylation is 1. The maximum absolute atomic E-state index is 12.2. The van der Waals surface area contributed by atoms with Crippen molar-refractivity contribution < 1.29 is 35.9 Å². The summed E-state index contributed by atoms with van der Waals surface area (Å²) in [5.74, 6) is -0.0723. The van der Waals surface area contributed by atoms with Gasteiger partial charge in [-0.3, -0.25) is 4.79 Å². The summed E-state index contributed by atoms with van der Waals surface area (Å²) < 4.78 is 71.8. The van der Waals surface area contributed by atoms with E-state index in [1.165, 1.54) is 0 Å². The molecule has 2 aromatic carbocycles. The molecule has 2 aromatic rings. The summed E-state index contributed by atoms with van der Waals surface area (Å²) in [7, 11) is -2.37. The van der Waals surface area contributed by atoms with E-state index >= 15 is 0 Å². The molecule has 0 radical (unpaired) electrons. The minimum atomic E-state index is -4.86. The molecule has 0 unspecified atom stereocenters. The minimum absolute atomic E-state index is 0.0724. The van der Waals surface area contributed by atoms with E-state index in [2.05, 4.69) is 14.8 Å². The molecule has 0 aromatic heterocycles. The molecule has 0 heterocycles. The molecule has 2 N–H and O–H groups in total. The predicted molar refractivity (Wildman–Crippen MR) is 107 cm³/mol. The van der Waals surface area contributed by atoms with Gasteiger partial charge in [0.1, 0.15) is 11.5 Å². The average molecular weight is 460 g/mol. The lowest BCUT2D eigenvalue weighted by Crippen LogP contribution is -2.31. The van der Waals surface area contributed by atoms with Gasteiger partial charge in [-0.15, -0.1) is 13.2 Å². The quantitative estimate of drug-likeness (QED) is 0.503. The summed E-state index contributed by atoms with van der Waals surface area (Å²) in [6.45, 7) is 0.297. The largest absolute Gasteiger partial charge is 0.573 e. The molecule has 7 nitrogen and oxygen atoms in total. The van der Waals surface area contributed by atoms with Crippen molar-refractivity contribution in [1.82, 2.24) is 10.0 Å². The first-order valence-corrected chi connectivity index (χ1v) is 10.8. The van der Waals surface area contributed by atoms with Crippen LogP contribution >= 0.6 is 0 Å². The lowest BCUT2D eigenvalue weighted by Gasteiger charge is -2.10. The highest BCUT2D eigenvalue weighted by Crippen LogP contribution is 2.23. The Morgan fingerprint density at radius 2 is 1.58 bits per heavy atom. The van der Waals surface area contributed by atoms with Gasteiger partial charge in [-0.1, -0.05) is 12.1 Å². The average Bonchev–Trinajstić information content (AvgIpc) is 2.71. The molecule has 0 spiro atoms. The first-order chi connectivity index (χ1) is 14.6. The van der Waals surface area contributed by atoms with Gasteiger partial charge in [0.15, 0.2) is 0 Å². The molecule has 0 saturated heterocycles. The molecule has 170 valence electrons. The van der Waals surface area contributed by atoms with Crippen LogP contribution in [0.1, 0.15) is 18.4 Å². The van der Waals surface area contributed by atoms with Crippen LogP contribution in [0, 0.1) is 0 Å². The molecule has 0 aliphatic carbocycles. The molecular formula is C20H23F3N2O5S. The molecule has 0 saturated carbocycles. The van der Waals surface area contributed by atoms with Gasteiger partial charge < -0.3 is 14.8 Å². The number of hydrogen-bond donors (Lipinski definition) is 2. The highest BCUT2D eigenvalue weighted by molar-refractivity contribution is 7.89. The Bertz CT molecular complexity index is 946. The van der Waals surface area contributed by atoms with Gasteiger partial charge in [-0.25, -0.2) is 13.1 Å². The van der Waals surface area contributed by atoms with E-state index in [4.69, 9.17) is 4.74 Å². The Morgan fingerprint density at radius 3 is 2.16 bits per heavy atom. The van der Waals surface area contributed by atoms with Crippen molar-refractivity contribution >= 4 is 15.9 Å². The zero-order chi connectivity index (χ0) is 22.9. The molecule has 0 aliphatic heterocycles. The highest BCUT2D eigenvalue weighted by atomic mass is 32.2. The zero-order valence-electron chi connectivity index (χ0n) is 16.7. The number of hydrogen-bond acceptors (Lipinski definition) is 5. The second-order valence-electron chi connectivity index (χ2n) is 6.47. The number of halogens is 3. The van der Waals surface area contributed by atoms with Crippen LogP contribution in [-0.2, 0) is 21.2 Å². The Kier molecular flexibility index (Phi) is 8.69. The Balaban J connectivity index is 1.69. The van der Waals surface area contributed by atoms with Gasteiger partial charge in [-0.05, 0) is 54.8 Å². The van der Waals surface area contributed by atoms with Crippen LogP contribution in [0.3, 0.4) is 0 Å². The van der Waals surface area contributed by atoms with Crippen LogP contribution in [0.2, 0.25) is 0 Å². The van der Waals surface area contributed by atoms with Gasteiger partial charge >= 0.3 is 6.36 Å². The maximum Gasteiger partial charge on any atom is 0.573 e. The van der Waals surface area contributed by atoms with Gasteiger partial charge in [0.25, 0.3) is 0 Å². The summed E-state index contributed by atoms with van der Waals surface area (Å²) in [4.78, 5) is 11.6. The summed E-state index contributed by atoms with van der Waals surface area (Å²) in [6.07, 6.45) is -3.45. The second kappa shape index (κ2) is 11.0. The Hall–Kier alpha value is -2.79. The van der Waals surface area contributed by atoms with Gasteiger partial charge in [0.05, 0.1) is 12.0 Å². The van der Waals surface area contributed by atoms with Crippen molar-refractivity contribution in [1.29, 1.82) is 0 Å². The fourth-order valence-electron chi connectivity index (χ4n) is 2.60. The molecule has 31 heavy (non-hydrogen) atoms. The molecule has 0 atom stereocenters. The summed E-state index contributed by atoms with van der Waals surface area (Å²) in [6, 6.07) is 11.4. The smallest absolute Gasteiger partial charge is 0.497 e. The number of ether oxygens (including phenoxy) is 2. The molecule has 1 amide bonds. The van der Waals surface area contributed by atoms with Crippen LogP contribution in [-0.4, -0.2) is 40.9 Å². The van der Waals surface area contributed by atoms with E-state index in [1.807, 2.05) is 24.3 Å². The Labute approximate surface area is 178 Å². The molecule has 11 heteroatoms. The number of benzene rings is 2. The first-order valence-electron chi connectivity index (χ1n) is 9.34. The third-order valence-electron chi connectivity index (χ3n) is 4.14.